The molecule has 0 bridgehead atoms. The van der Waals surface area contributed by atoms with Crippen LogP contribution >= 0.6 is 27.3 Å². The SMILES string of the molecule is NC1CCCN(C(=O)c2sccc2Br)C1. The number of rotatable bonds is 1. The van der Waals surface area contributed by atoms with Gasteiger partial charge in [-0.3, -0.25) is 4.79 Å². The lowest BCUT2D eigenvalue weighted by Crippen LogP contribution is -2.45. The van der Waals surface area contributed by atoms with Crippen molar-refractivity contribution in [3.8, 4) is 0 Å². The summed E-state index contributed by atoms with van der Waals surface area (Å²) in [5, 5.41) is 1.92. The predicted octanol–water partition coefficient (Wildman–Crippen LogP) is 2.07. The molecule has 1 amide bonds. The molecular formula is C10H13BrN2OS. The molecule has 1 aliphatic heterocycles. The maximum absolute atomic E-state index is 12.1. The summed E-state index contributed by atoms with van der Waals surface area (Å²) in [6.07, 6.45) is 2.03. The minimum atomic E-state index is 0.104. The lowest BCUT2D eigenvalue weighted by atomic mass is 10.1. The molecule has 3 nitrogen and oxygen atoms in total. The molecule has 1 aliphatic rings. The average Bonchev–Trinajstić information content (AvgIpc) is 2.63. The zero-order valence-electron chi connectivity index (χ0n) is 8.28. The highest BCUT2D eigenvalue weighted by molar-refractivity contribution is 9.10. The van der Waals surface area contributed by atoms with Gasteiger partial charge in [-0.05, 0) is 40.2 Å². The minimum Gasteiger partial charge on any atom is -0.336 e. The molecule has 1 fully saturated rings. The number of nitrogens with zero attached hydrogens (tertiary/aromatic N) is 1. The minimum absolute atomic E-state index is 0.104. The van der Waals surface area contributed by atoms with E-state index in [1.54, 1.807) is 0 Å². The topological polar surface area (TPSA) is 46.3 Å². The van der Waals surface area contributed by atoms with E-state index in [1.807, 2.05) is 16.3 Å². The number of carbonyl (C=O) groups excluding carboxylic acids is 1. The number of piperidine rings is 1. The summed E-state index contributed by atoms with van der Waals surface area (Å²) >= 11 is 4.85. The molecule has 1 unspecified atom stereocenters. The molecule has 0 radical (unpaired) electrons. The molecule has 1 saturated heterocycles. The third kappa shape index (κ3) is 2.41. The second-order valence-corrected chi connectivity index (χ2v) is 5.52. The third-order valence-corrected chi connectivity index (χ3v) is 4.38. The Kier molecular flexibility index (Phi) is 3.43. The number of likely N-dealkylation sites (tertiary alicyclic amines) is 1. The Hall–Kier alpha value is -0.390. The summed E-state index contributed by atoms with van der Waals surface area (Å²) < 4.78 is 0.886. The lowest BCUT2D eigenvalue weighted by molar-refractivity contribution is 0.0713. The van der Waals surface area contributed by atoms with Crippen molar-refractivity contribution in [3.63, 3.8) is 0 Å². The van der Waals surface area contributed by atoms with Crippen molar-refractivity contribution in [3.05, 3.63) is 20.8 Å². The van der Waals surface area contributed by atoms with Crippen LogP contribution in [0.25, 0.3) is 0 Å². The van der Waals surface area contributed by atoms with E-state index in [0.29, 0.717) is 6.54 Å². The first-order chi connectivity index (χ1) is 7.18. The van der Waals surface area contributed by atoms with Crippen molar-refractivity contribution < 1.29 is 4.79 Å². The van der Waals surface area contributed by atoms with Crippen LogP contribution in [-0.4, -0.2) is 29.9 Å². The Morgan fingerprint density at radius 2 is 2.47 bits per heavy atom. The fourth-order valence-corrected chi connectivity index (χ4v) is 3.29. The first-order valence-electron chi connectivity index (χ1n) is 4.96. The van der Waals surface area contributed by atoms with Crippen molar-refractivity contribution in [2.24, 2.45) is 5.73 Å². The highest BCUT2D eigenvalue weighted by atomic mass is 79.9. The van der Waals surface area contributed by atoms with E-state index in [0.717, 1.165) is 28.7 Å². The molecule has 0 saturated carbocycles. The molecule has 0 aliphatic carbocycles. The highest BCUT2D eigenvalue weighted by Gasteiger charge is 2.24. The van der Waals surface area contributed by atoms with Crippen LogP contribution in [0.5, 0.6) is 0 Å². The molecule has 2 rings (SSSR count). The van der Waals surface area contributed by atoms with Crippen LogP contribution in [0.4, 0.5) is 0 Å². The van der Waals surface area contributed by atoms with Crippen molar-refractivity contribution in [1.82, 2.24) is 4.90 Å². The number of carbonyl (C=O) groups is 1. The predicted molar refractivity (Wildman–Crippen MR) is 65.1 cm³/mol. The molecule has 5 heteroatoms. The summed E-state index contributed by atoms with van der Waals surface area (Å²) in [5.41, 5.74) is 5.85. The molecule has 15 heavy (non-hydrogen) atoms. The summed E-state index contributed by atoms with van der Waals surface area (Å²) in [6, 6.07) is 2.04. The molecule has 1 atom stereocenters. The second kappa shape index (κ2) is 4.63. The molecule has 82 valence electrons. The second-order valence-electron chi connectivity index (χ2n) is 3.75. The quantitative estimate of drug-likeness (QED) is 0.860. The number of hydrogen-bond acceptors (Lipinski definition) is 3. The number of nitrogens with two attached hydrogens (primary N) is 1. The summed E-state index contributed by atoms with van der Waals surface area (Å²) in [6.45, 7) is 1.51. The fourth-order valence-electron chi connectivity index (χ4n) is 1.78. The lowest BCUT2D eigenvalue weighted by Gasteiger charge is -2.30. The van der Waals surface area contributed by atoms with Crippen molar-refractivity contribution >= 4 is 33.2 Å². The first kappa shape index (κ1) is 11.1. The van der Waals surface area contributed by atoms with Crippen LogP contribution < -0.4 is 5.73 Å². The Morgan fingerprint density at radius 1 is 1.67 bits per heavy atom. The van der Waals surface area contributed by atoms with E-state index in [9.17, 15) is 4.79 Å². The van der Waals surface area contributed by atoms with Gasteiger partial charge >= 0.3 is 0 Å². The monoisotopic (exact) mass is 288 g/mol. The Bertz CT molecular complexity index is 366. The van der Waals surface area contributed by atoms with Crippen LogP contribution in [-0.2, 0) is 0 Å². The smallest absolute Gasteiger partial charge is 0.265 e. The molecule has 0 aromatic carbocycles. The van der Waals surface area contributed by atoms with E-state index in [1.165, 1.54) is 11.3 Å². The van der Waals surface area contributed by atoms with Gasteiger partial charge in [-0.2, -0.15) is 0 Å². The van der Waals surface area contributed by atoms with Crippen molar-refractivity contribution in [2.75, 3.05) is 13.1 Å². The number of amides is 1. The first-order valence-corrected chi connectivity index (χ1v) is 6.63. The number of halogens is 1. The van der Waals surface area contributed by atoms with Gasteiger partial charge in [-0.25, -0.2) is 0 Å². The van der Waals surface area contributed by atoms with Gasteiger partial charge in [0.05, 0.1) is 0 Å². The Morgan fingerprint density at radius 3 is 3.07 bits per heavy atom. The number of hydrogen-bond donors (Lipinski definition) is 1. The normalized spacial score (nSPS) is 21.7. The van der Waals surface area contributed by atoms with Crippen molar-refractivity contribution in [2.45, 2.75) is 18.9 Å². The van der Waals surface area contributed by atoms with E-state index in [4.69, 9.17) is 5.73 Å². The molecule has 1 aromatic heterocycles. The third-order valence-electron chi connectivity index (χ3n) is 2.56. The molecule has 1 aromatic rings. The molecule has 0 spiro atoms. The zero-order valence-corrected chi connectivity index (χ0v) is 10.7. The summed E-state index contributed by atoms with van der Waals surface area (Å²) in [7, 11) is 0. The van der Waals surface area contributed by atoms with E-state index in [2.05, 4.69) is 15.9 Å². The van der Waals surface area contributed by atoms with Crippen LogP contribution in [0.1, 0.15) is 22.5 Å². The average molecular weight is 289 g/mol. The van der Waals surface area contributed by atoms with Crippen LogP contribution in [0.15, 0.2) is 15.9 Å². The van der Waals surface area contributed by atoms with Crippen LogP contribution in [0, 0.1) is 0 Å². The van der Waals surface area contributed by atoms with Gasteiger partial charge in [0, 0.05) is 23.6 Å². The van der Waals surface area contributed by atoms with Gasteiger partial charge in [0.25, 0.3) is 5.91 Å². The summed E-state index contributed by atoms with van der Waals surface area (Å²) in [5.74, 6) is 0.104. The van der Waals surface area contributed by atoms with Crippen molar-refractivity contribution in [1.29, 1.82) is 0 Å². The van der Waals surface area contributed by atoms with Gasteiger partial charge in [-0.1, -0.05) is 0 Å². The van der Waals surface area contributed by atoms with Gasteiger partial charge in [0.1, 0.15) is 4.88 Å². The summed E-state index contributed by atoms with van der Waals surface area (Å²) in [4.78, 5) is 14.7. The highest BCUT2D eigenvalue weighted by Crippen LogP contribution is 2.25. The van der Waals surface area contributed by atoms with Crippen LogP contribution in [0.3, 0.4) is 0 Å². The van der Waals surface area contributed by atoms with Crippen LogP contribution in [0.2, 0.25) is 0 Å². The van der Waals surface area contributed by atoms with Gasteiger partial charge in [-0.15, -0.1) is 11.3 Å². The van der Waals surface area contributed by atoms with E-state index >= 15 is 0 Å². The largest absolute Gasteiger partial charge is 0.336 e. The standard InChI is InChI=1S/C10H13BrN2OS/c11-8-3-5-15-9(8)10(14)13-4-1-2-7(12)6-13/h3,5,7H,1-2,4,6,12H2. The van der Waals surface area contributed by atoms with Gasteiger partial charge < -0.3 is 10.6 Å². The molecule has 2 heterocycles. The number of thiophene rings is 1. The van der Waals surface area contributed by atoms with E-state index in [-0.39, 0.29) is 11.9 Å². The Labute approximate surface area is 101 Å². The van der Waals surface area contributed by atoms with E-state index < -0.39 is 0 Å². The van der Waals surface area contributed by atoms with Gasteiger partial charge in [0.15, 0.2) is 0 Å². The zero-order chi connectivity index (χ0) is 10.8. The molecule has 2 N–H and O–H groups in total. The van der Waals surface area contributed by atoms with Gasteiger partial charge in [0.2, 0.25) is 0 Å². The maximum Gasteiger partial charge on any atom is 0.265 e. The molecular weight excluding hydrogens is 276 g/mol. The maximum atomic E-state index is 12.1. The fraction of sp³-hybridized carbons (Fsp3) is 0.500. The Balaban J connectivity index is 2.11.